The van der Waals surface area contributed by atoms with Gasteiger partial charge in [-0.1, -0.05) is 36.8 Å². The maximum absolute atomic E-state index is 12.0. The predicted octanol–water partition coefficient (Wildman–Crippen LogP) is 4.18. The van der Waals surface area contributed by atoms with Gasteiger partial charge in [0.25, 0.3) is 0 Å². The zero-order chi connectivity index (χ0) is 15.2. The summed E-state index contributed by atoms with van der Waals surface area (Å²) in [5.41, 5.74) is 2.34. The molecule has 0 spiro atoms. The molecule has 0 saturated carbocycles. The van der Waals surface area contributed by atoms with E-state index in [0.29, 0.717) is 5.76 Å². The second kappa shape index (κ2) is 6.93. The Balaban J connectivity index is 1.99. The van der Waals surface area contributed by atoms with Crippen molar-refractivity contribution in [2.45, 2.75) is 33.2 Å². The summed E-state index contributed by atoms with van der Waals surface area (Å²) in [6.07, 6.45) is 4.04. The molecule has 110 valence electrons. The summed E-state index contributed by atoms with van der Waals surface area (Å²) in [5.74, 6) is 1.41. The summed E-state index contributed by atoms with van der Waals surface area (Å²) in [4.78, 5) is 12.0. The number of furan rings is 1. The van der Waals surface area contributed by atoms with Gasteiger partial charge in [-0.2, -0.15) is 0 Å². The van der Waals surface area contributed by atoms with Crippen LogP contribution in [0.1, 0.15) is 42.0 Å². The van der Waals surface area contributed by atoms with Gasteiger partial charge >= 0.3 is 0 Å². The molecule has 1 aromatic heterocycles. The first kappa shape index (κ1) is 15.1. The fraction of sp³-hybridized carbons (Fsp3) is 0.278. The monoisotopic (exact) mass is 283 g/mol. The molecule has 21 heavy (non-hydrogen) atoms. The second-order valence-electron chi connectivity index (χ2n) is 5.16. The molecule has 1 N–H and O–H groups in total. The van der Waals surface area contributed by atoms with Crippen molar-refractivity contribution in [3.05, 3.63) is 65.1 Å². The number of aryl methyl sites for hydroxylation is 2. The standard InChI is InChI=1S/C18H21NO2/c1-4-17(15-8-5-13(2)6-9-15)19-18(20)12-11-16-10-7-14(3)21-16/h5-12,17H,4H2,1-3H3,(H,19,20). The molecular weight excluding hydrogens is 262 g/mol. The molecular formula is C18H21NO2. The third-order valence-corrected chi connectivity index (χ3v) is 3.36. The molecule has 1 aromatic carbocycles. The van der Waals surface area contributed by atoms with Crippen LogP contribution in [0.15, 0.2) is 46.9 Å². The van der Waals surface area contributed by atoms with E-state index in [1.165, 1.54) is 11.6 Å². The number of carbonyl (C=O) groups is 1. The van der Waals surface area contributed by atoms with Gasteiger partial charge in [-0.05, 0) is 44.0 Å². The van der Waals surface area contributed by atoms with Gasteiger partial charge in [0.2, 0.25) is 5.91 Å². The normalized spacial score (nSPS) is 12.5. The fourth-order valence-corrected chi connectivity index (χ4v) is 2.14. The Kier molecular flexibility index (Phi) is 4.99. The van der Waals surface area contributed by atoms with Gasteiger partial charge in [-0.3, -0.25) is 4.79 Å². The highest BCUT2D eigenvalue weighted by molar-refractivity contribution is 5.91. The maximum Gasteiger partial charge on any atom is 0.244 e. The number of amides is 1. The molecule has 0 saturated heterocycles. The Morgan fingerprint density at radius 3 is 2.48 bits per heavy atom. The van der Waals surface area contributed by atoms with Crippen LogP contribution in [0, 0.1) is 13.8 Å². The Morgan fingerprint density at radius 1 is 1.19 bits per heavy atom. The zero-order valence-electron chi connectivity index (χ0n) is 12.7. The topological polar surface area (TPSA) is 42.2 Å². The van der Waals surface area contributed by atoms with E-state index in [9.17, 15) is 4.79 Å². The Bertz CT molecular complexity index is 623. The Labute approximate surface area is 125 Å². The van der Waals surface area contributed by atoms with Crippen LogP contribution in [-0.4, -0.2) is 5.91 Å². The highest BCUT2D eigenvalue weighted by atomic mass is 16.3. The van der Waals surface area contributed by atoms with Gasteiger partial charge < -0.3 is 9.73 Å². The SMILES string of the molecule is CCC(NC(=O)C=Cc1ccc(C)o1)c1ccc(C)cc1. The predicted molar refractivity (Wildman–Crippen MR) is 84.8 cm³/mol. The van der Waals surface area contributed by atoms with Crippen molar-refractivity contribution >= 4 is 12.0 Å². The van der Waals surface area contributed by atoms with Crippen LogP contribution >= 0.6 is 0 Å². The summed E-state index contributed by atoms with van der Waals surface area (Å²) >= 11 is 0. The van der Waals surface area contributed by atoms with E-state index in [-0.39, 0.29) is 11.9 Å². The molecule has 1 heterocycles. The van der Waals surface area contributed by atoms with E-state index in [1.807, 2.05) is 19.1 Å². The average Bonchev–Trinajstić information content (AvgIpc) is 2.89. The quantitative estimate of drug-likeness (QED) is 0.836. The van der Waals surface area contributed by atoms with Gasteiger partial charge in [0.15, 0.2) is 0 Å². The summed E-state index contributed by atoms with van der Waals surface area (Å²) in [5, 5.41) is 3.01. The number of nitrogens with one attached hydrogen (secondary N) is 1. The second-order valence-corrected chi connectivity index (χ2v) is 5.16. The van der Waals surface area contributed by atoms with Crippen molar-refractivity contribution in [2.75, 3.05) is 0 Å². The largest absolute Gasteiger partial charge is 0.462 e. The molecule has 1 atom stereocenters. The van der Waals surface area contributed by atoms with E-state index in [2.05, 4.69) is 43.4 Å². The average molecular weight is 283 g/mol. The summed E-state index contributed by atoms with van der Waals surface area (Å²) in [7, 11) is 0. The molecule has 0 bridgehead atoms. The number of carbonyl (C=O) groups excluding carboxylic acids is 1. The molecule has 0 fully saturated rings. The first-order chi connectivity index (χ1) is 10.1. The molecule has 1 amide bonds. The molecule has 3 nitrogen and oxygen atoms in total. The summed E-state index contributed by atoms with van der Waals surface area (Å²) in [6.45, 7) is 5.99. The van der Waals surface area contributed by atoms with Crippen molar-refractivity contribution in [1.29, 1.82) is 0 Å². The third-order valence-electron chi connectivity index (χ3n) is 3.36. The lowest BCUT2D eigenvalue weighted by atomic mass is 10.0. The molecule has 1 unspecified atom stereocenters. The molecule has 0 radical (unpaired) electrons. The maximum atomic E-state index is 12.0. The summed E-state index contributed by atoms with van der Waals surface area (Å²) in [6, 6.07) is 12.0. The number of hydrogen-bond acceptors (Lipinski definition) is 2. The minimum Gasteiger partial charge on any atom is -0.462 e. The van der Waals surface area contributed by atoms with E-state index in [1.54, 1.807) is 6.08 Å². The van der Waals surface area contributed by atoms with Crippen LogP contribution in [0.3, 0.4) is 0 Å². The minimum atomic E-state index is -0.114. The molecule has 3 heteroatoms. The molecule has 0 aliphatic carbocycles. The third kappa shape index (κ3) is 4.35. The lowest BCUT2D eigenvalue weighted by molar-refractivity contribution is -0.117. The van der Waals surface area contributed by atoms with E-state index in [0.717, 1.165) is 17.7 Å². The van der Waals surface area contributed by atoms with Gasteiger partial charge in [0, 0.05) is 6.08 Å². The van der Waals surface area contributed by atoms with E-state index >= 15 is 0 Å². The van der Waals surface area contributed by atoms with Gasteiger partial charge in [-0.25, -0.2) is 0 Å². The van der Waals surface area contributed by atoms with Gasteiger partial charge in [0.05, 0.1) is 6.04 Å². The first-order valence-electron chi connectivity index (χ1n) is 7.20. The highest BCUT2D eigenvalue weighted by Crippen LogP contribution is 2.17. The van der Waals surface area contributed by atoms with Crippen LogP contribution in [-0.2, 0) is 4.79 Å². The first-order valence-corrected chi connectivity index (χ1v) is 7.20. The number of rotatable bonds is 5. The fourth-order valence-electron chi connectivity index (χ4n) is 2.14. The van der Waals surface area contributed by atoms with E-state index < -0.39 is 0 Å². The number of benzene rings is 1. The lowest BCUT2D eigenvalue weighted by Gasteiger charge is -2.16. The van der Waals surface area contributed by atoms with Crippen molar-refractivity contribution in [3.63, 3.8) is 0 Å². The number of hydrogen-bond donors (Lipinski definition) is 1. The van der Waals surface area contributed by atoms with Crippen molar-refractivity contribution in [1.82, 2.24) is 5.32 Å². The van der Waals surface area contributed by atoms with E-state index in [4.69, 9.17) is 4.42 Å². The summed E-state index contributed by atoms with van der Waals surface area (Å²) < 4.78 is 5.40. The smallest absolute Gasteiger partial charge is 0.244 e. The van der Waals surface area contributed by atoms with Crippen molar-refractivity contribution in [3.8, 4) is 0 Å². The Morgan fingerprint density at radius 2 is 1.90 bits per heavy atom. The van der Waals surface area contributed by atoms with Crippen molar-refractivity contribution in [2.24, 2.45) is 0 Å². The zero-order valence-corrected chi connectivity index (χ0v) is 12.7. The van der Waals surface area contributed by atoms with Crippen molar-refractivity contribution < 1.29 is 9.21 Å². The molecule has 2 aromatic rings. The Hall–Kier alpha value is -2.29. The minimum absolute atomic E-state index is 0.0288. The van der Waals surface area contributed by atoms with Crippen LogP contribution in [0.5, 0.6) is 0 Å². The molecule has 0 aliphatic rings. The van der Waals surface area contributed by atoms with Crippen LogP contribution in [0.25, 0.3) is 6.08 Å². The van der Waals surface area contributed by atoms with Gasteiger partial charge in [0.1, 0.15) is 11.5 Å². The van der Waals surface area contributed by atoms with Crippen LogP contribution < -0.4 is 5.32 Å². The van der Waals surface area contributed by atoms with Crippen LogP contribution in [0.4, 0.5) is 0 Å². The highest BCUT2D eigenvalue weighted by Gasteiger charge is 2.10. The lowest BCUT2D eigenvalue weighted by Crippen LogP contribution is -2.26. The van der Waals surface area contributed by atoms with Crippen LogP contribution in [0.2, 0.25) is 0 Å². The molecule has 2 rings (SSSR count). The van der Waals surface area contributed by atoms with Gasteiger partial charge in [-0.15, -0.1) is 0 Å². The molecule has 0 aliphatic heterocycles.